The smallest absolute Gasteiger partial charge is 0.286 e. The highest BCUT2D eigenvalue weighted by atomic mass is 35.5. The second-order valence-corrected chi connectivity index (χ2v) is 10.0. The molecule has 0 unspecified atom stereocenters. The van der Waals surface area contributed by atoms with E-state index in [1.54, 1.807) is 21.3 Å². The number of aryl methyl sites for hydroxylation is 1. The topological polar surface area (TPSA) is 51.8 Å². The van der Waals surface area contributed by atoms with E-state index in [-0.39, 0.29) is 19.0 Å². The molecule has 6 rings (SSSR count). The SMILES string of the molecule is COc1cc2c(ccc3c4ccc(CO)c(OC)c4c(Cl)[n+](C)c23)c(-c2ccc(-c3ccccc3)cc2)c1OC.[Cl-]. The molecular formula is C34H29Cl2NO4. The summed E-state index contributed by atoms with van der Waals surface area (Å²) in [7, 11) is 6.86. The van der Waals surface area contributed by atoms with Crippen molar-refractivity contribution in [2.75, 3.05) is 21.3 Å². The van der Waals surface area contributed by atoms with Crippen molar-refractivity contribution < 1.29 is 36.3 Å². The molecule has 1 aromatic heterocycles. The third-order valence-corrected chi connectivity index (χ3v) is 8.10. The molecule has 0 spiro atoms. The Balaban J connectivity index is 0.00000337. The van der Waals surface area contributed by atoms with E-state index in [0.29, 0.717) is 28.0 Å². The quantitative estimate of drug-likeness (QED) is 0.178. The number of halogens is 2. The maximum atomic E-state index is 9.90. The zero-order valence-corrected chi connectivity index (χ0v) is 24.7. The summed E-state index contributed by atoms with van der Waals surface area (Å²) < 4.78 is 19.5. The lowest BCUT2D eigenvalue weighted by atomic mass is 9.92. The first-order chi connectivity index (χ1) is 19.5. The number of hydrogen-bond donors (Lipinski definition) is 1. The lowest BCUT2D eigenvalue weighted by Gasteiger charge is -2.18. The molecule has 0 atom stereocenters. The highest BCUT2D eigenvalue weighted by molar-refractivity contribution is 6.35. The molecule has 1 N–H and O–H groups in total. The monoisotopic (exact) mass is 585 g/mol. The van der Waals surface area contributed by atoms with Gasteiger partial charge in [0.2, 0.25) is 5.52 Å². The number of ether oxygens (including phenoxy) is 3. The number of rotatable bonds is 6. The molecule has 1 heterocycles. The average Bonchev–Trinajstić information content (AvgIpc) is 3.01. The maximum absolute atomic E-state index is 9.90. The molecule has 208 valence electrons. The number of pyridine rings is 1. The zero-order chi connectivity index (χ0) is 28.0. The highest BCUT2D eigenvalue weighted by Gasteiger charge is 2.27. The molecule has 0 aliphatic carbocycles. The van der Waals surface area contributed by atoms with Crippen LogP contribution in [0.25, 0.3) is 54.7 Å². The van der Waals surface area contributed by atoms with Crippen molar-refractivity contribution in [3.8, 4) is 39.5 Å². The van der Waals surface area contributed by atoms with Gasteiger partial charge in [-0.25, -0.2) is 0 Å². The zero-order valence-electron chi connectivity index (χ0n) is 23.2. The Bertz CT molecular complexity index is 1910. The van der Waals surface area contributed by atoms with E-state index < -0.39 is 0 Å². The first-order valence-electron chi connectivity index (χ1n) is 13.0. The van der Waals surface area contributed by atoms with Gasteiger partial charge in [-0.15, -0.1) is 0 Å². The summed E-state index contributed by atoms with van der Waals surface area (Å²) in [6.45, 7) is -0.141. The van der Waals surface area contributed by atoms with E-state index in [2.05, 4.69) is 48.5 Å². The van der Waals surface area contributed by atoms with Gasteiger partial charge in [0.1, 0.15) is 18.2 Å². The van der Waals surface area contributed by atoms with E-state index in [4.69, 9.17) is 25.8 Å². The van der Waals surface area contributed by atoms with E-state index >= 15 is 0 Å². The molecule has 7 heteroatoms. The highest BCUT2D eigenvalue weighted by Crippen LogP contribution is 2.47. The number of benzene rings is 5. The summed E-state index contributed by atoms with van der Waals surface area (Å²) in [4.78, 5) is 0. The Morgan fingerprint density at radius 3 is 1.93 bits per heavy atom. The van der Waals surface area contributed by atoms with Gasteiger partial charge in [0, 0.05) is 21.9 Å². The molecule has 5 aromatic carbocycles. The van der Waals surface area contributed by atoms with Crippen molar-refractivity contribution in [1.82, 2.24) is 0 Å². The average molecular weight is 587 g/mol. The lowest BCUT2D eigenvalue weighted by Crippen LogP contribution is -3.00. The maximum Gasteiger partial charge on any atom is 0.286 e. The molecule has 5 nitrogen and oxygen atoms in total. The molecule has 0 saturated carbocycles. The summed E-state index contributed by atoms with van der Waals surface area (Å²) in [5.74, 6) is 1.88. The molecule has 6 aromatic rings. The fourth-order valence-electron chi connectivity index (χ4n) is 5.77. The predicted octanol–water partition coefficient (Wildman–Crippen LogP) is 4.48. The number of methoxy groups -OCH3 is 3. The molecular weight excluding hydrogens is 557 g/mol. The van der Waals surface area contributed by atoms with Crippen LogP contribution in [0.2, 0.25) is 5.15 Å². The minimum atomic E-state index is -0.141. The van der Waals surface area contributed by atoms with Crippen LogP contribution in [-0.4, -0.2) is 26.4 Å². The van der Waals surface area contributed by atoms with Crippen molar-refractivity contribution in [3.05, 3.63) is 95.6 Å². The van der Waals surface area contributed by atoms with Gasteiger partial charge in [-0.1, -0.05) is 72.8 Å². The summed E-state index contributed by atoms with van der Waals surface area (Å²) in [5.41, 5.74) is 5.91. The molecule has 0 fully saturated rings. The largest absolute Gasteiger partial charge is 1.00 e. The first-order valence-corrected chi connectivity index (χ1v) is 13.3. The Morgan fingerprint density at radius 2 is 1.29 bits per heavy atom. The first kappa shape index (κ1) is 28.5. The van der Waals surface area contributed by atoms with Gasteiger partial charge in [0.05, 0.1) is 38.7 Å². The Morgan fingerprint density at radius 1 is 0.683 bits per heavy atom. The van der Waals surface area contributed by atoms with E-state index in [1.165, 1.54) is 0 Å². The molecule has 0 amide bonds. The fourth-order valence-corrected chi connectivity index (χ4v) is 6.04. The number of aliphatic hydroxyl groups excluding tert-OH is 1. The molecule has 0 bridgehead atoms. The minimum absolute atomic E-state index is 0. The van der Waals surface area contributed by atoms with Gasteiger partial charge in [-0.3, -0.25) is 0 Å². The summed E-state index contributed by atoms with van der Waals surface area (Å²) in [6.07, 6.45) is 0. The van der Waals surface area contributed by atoms with Gasteiger partial charge in [0.25, 0.3) is 5.15 Å². The van der Waals surface area contributed by atoms with Crippen molar-refractivity contribution in [3.63, 3.8) is 0 Å². The molecule has 0 radical (unpaired) electrons. The predicted molar refractivity (Wildman–Crippen MR) is 162 cm³/mol. The van der Waals surface area contributed by atoms with E-state index in [9.17, 15) is 5.11 Å². The Labute approximate surface area is 249 Å². The van der Waals surface area contributed by atoms with Gasteiger partial charge in [-0.05, 0) is 40.4 Å². The number of aliphatic hydroxyl groups is 1. The second-order valence-electron chi connectivity index (χ2n) is 9.68. The van der Waals surface area contributed by atoms with Gasteiger partial charge in [-0.2, -0.15) is 4.57 Å². The number of hydrogen-bond acceptors (Lipinski definition) is 4. The van der Waals surface area contributed by atoms with Gasteiger partial charge >= 0.3 is 0 Å². The van der Waals surface area contributed by atoms with Crippen LogP contribution in [0.1, 0.15) is 5.56 Å². The van der Waals surface area contributed by atoms with Crippen molar-refractivity contribution in [1.29, 1.82) is 0 Å². The summed E-state index contributed by atoms with van der Waals surface area (Å²) in [5, 5.41) is 15.1. The van der Waals surface area contributed by atoms with Crippen molar-refractivity contribution in [2.24, 2.45) is 7.05 Å². The van der Waals surface area contributed by atoms with Crippen molar-refractivity contribution >= 4 is 44.0 Å². The van der Waals surface area contributed by atoms with Crippen LogP contribution >= 0.6 is 11.6 Å². The molecule has 0 aliphatic rings. The fraction of sp³-hybridized carbons (Fsp3) is 0.147. The number of nitrogens with zero attached hydrogens (tertiary/aromatic N) is 1. The van der Waals surface area contributed by atoms with Crippen LogP contribution in [0, 0.1) is 0 Å². The second kappa shape index (κ2) is 11.5. The third-order valence-electron chi connectivity index (χ3n) is 7.66. The standard InChI is InChI=1S/C34H29ClNO4.ClH/c1-36-31-26(24-15-14-23(19-37)32(39-3)30(24)34(36)35)17-16-25-27(31)18-28(38-2)33(40-4)29(25)22-12-10-21(11-13-22)20-8-6-5-7-9-20;/h5-18,37H,19H2,1-4H3;1H/q+1;/p-1. The van der Waals surface area contributed by atoms with Crippen LogP contribution in [-0.2, 0) is 13.7 Å². The molecule has 0 saturated heterocycles. The van der Waals surface area contributed by atoms with Crippen LogP contribution in [0.3, 0.4) is 0 Å². The van der Waals surface area contributed by atoms with Gasteiger partial charge < -0.3 is 31.7 Å². The summed E-state index contributed by atoms with van der Waals surface area (Å²) >= 11 is 7.03. The van der Waals surface area contributed by atoms with Gasteiger partial charge in [0.15, 0.2) is 11.5 Å². The Hall–Kier alpha value is -4.03. The molecule has 0 aliphatic heterocycles. The van der Waals surface area contributed by atoms with Crippen LogP contribution in [0.15, 0.2) is 84.9 Å². The van der Waals surface area contributed by atoms with Crippen LogP contribution in [0.4, 0.5) is 0 Å². The number of fused-ring (bicyclic) bond motifs is 5. The van der Waals surface area contributed by atoms with Crippen LogP contribution in [0.5, 0.6) is 17.2 Å². The normalized spacial score (nSPS) is 11.1. The lowest BCUT2D eigenvalue weighted by molar-refractivity contribution is -0.640. The minimum Gasteiger partial charge on any atom is -1.00 e. The van der Waals surface area contributed by atoms with E-state index in [0.717, 1.165) is 54.7 Å². The molecule has 41 heavy (non-hydrogen) atoms. The van der Waals surface area contributed by atoms with Crippen molar-refractivity contribution in [2.45, 2.75) is 6.61 Å². The summed E-state index contributed by atoms with van der Waals surface area (Å²) in [6, 6.07) is 29.0. The number of aromatic nitrogens is 1. The Kier molecular flexibility index (Phi) is 7.96. The van der Waals surface area contributed by atoms with E-state index in [1.807, 2.05) is 48.0 Å². The van der Waals surface area contributed by atoms with Crippen LogP contribution < -0.4 is 31.2 Å². The third kappa shape index (κ3) is 4.51.